The highest BCUT2D eigenvalue weighted by Gasteiger charge is 2.31. The zero-order chi connectivity index (χ0) is 22.1. The number of aliphatic hydroxyl groups excluding tert-OH is 1. The van der Waals surface area contributed by atoms with Crippen molar-refractivity contribution in [2.45, 2.75) is 90.1 Å². The molecule has 0 aromatic carbocycles. The molecule has 0 bridgehead atoms. The number of nitrogens with two attached hydrogens (primary N) is 1. The molecule has 0 radical (unpaired) electrons. The van der Waals surface area contributed by atoms with Crippen LogP contribution in [-0.2, 0) is 14.2 Å². The minimum absolute atomic E-state index is 0.0213. The third-order valence-corrected chi connectivity index (χ3v) is 7.18. The fourth-order valence-corrected chi connectivity index (χ4v) is 5.03. The summed E-state index contributed by atoms with van der Waals surface area (Å²) in [4.78, 5) is 34.5. The van der Waals surface area contributed by atoms with E-state index in [0.29, 0.717) is 0 Å². The van der Waals surface area contributed by atoms with Crippen LogP contribution in [0, 0.1) is 17.8 Å². The molecule has 29 heavy (non-hydrogen) atoms. The summed E-state index contributed by atoms with van der Waals surface area (Å²) in [5.74, 6) is -0.823. The molecule has 6 N–H and O–H groups in total. The van der Waals surface area contributed by atoms with E-state index in [4.69, 9.17) is 5.73 Å². The molecule has 9 heteroatoms. The van der Waals surface area contributed by atoms with E-state index in [2.05, 4.69) is 10.6 Å². The predicted octanol–water partition coefficient (Wildman–Crippen LogP) is 1.39. The highest BCUT2D eigenvalue weighted by Crippen LogP contribution is 2.40. The van der Waals surface area contributed by atoms with Crippen molar-refractivity contribution in [3.8, 4) is 0 Å². The van der Waals surface area contributed by atoms with Gasteiger partial charge in [0, 0.05) is 12.2 Å². The zero-order valence-electron chi connectivity index (χ0n) is 18.2. The van der Waals surface area contributed by atoms with Gasteiger partial charge in [-0.1, -0.05) is 47.0 Å². The Morgan fingerprint density at radius 2 is 1.66 bits per heavy atom. The lowest BCUT2D eigenvalue weighted by molar-refractivity contribution is -0.131. The largest absolute Gasteiger partial charge is 0.391 e. The quantitative estimate of drug-likeness (QED) is 0.312. The molecule has 0 aliphatic heterocycles. The number of hydrogen-bond acceptors (Lipinski definition) is 5. The third kappa shape index (κ3) is 8.75. The Hall–Kier alpha value is -0.950. The Balaban J connectivity index is 2.59. The molecule has 5 atom stereocenters. The molecule has 0 heterocycles. The Morgan fingerprint density at radius 1 is 1.07 bits per heavy atom. The molecule has 0 aromatic heterocycles. The van der Waals surface area contributed by atoms with Crippen molar-refractivity contribution in [3.63, 3.8) is 0 Å². The van der Waals surface area contributed by atoms with Gasteiger partial charge in [0.2, 0.25) is 11.8 Å². The summed E-state index contributed by atoms with van der Waals surface area (Å²) in [6.07, 6.45) is 4.37. The average Bonchev–Trinajstić information content (AvgIpc) is 2.67. The number of hydrogen-bond donors (Lipinski definition) is 5. The number of carbonyl (C=O) groups excluding carboxylic acids is 2. The molecule has 0 spiro atoms. The van der Waals surface area contributed by atoms with Crippen LogP contribution in [0.1, 0.15) is 66.2 Å². The van der Waals surface area contributed by atoms with Gasteiger partial charge in [-0.05, 0) is 37.0 Å². The van der Waals surface area contributed by atoms with Crippen molar-refractivity contribution in [2.75, 3.05) is 6.54 Å². The number of rotatable bonds is 11. The van der Waals surface area contributed by atoms with Crippen LogP contribution in [0.5, 0.6) is 0 Å². The number of aliphatic hydroxyl groups is 1. The summed E-state index contributed by atoms with van der Waals surface area (Å²) in [6, 6.07) is -1.46. The normalized spacial score (nSPS) is 20.7. The molecule has 170 valence electrons. The molecular weight excluding hydrogens is 393 g/mol. The van der Waals surface area contributed by atoms with E-state index >= 15 is 0 Å². The lowest BCUT2D eigenvalue weighted by atomic mass is 9.85. The van der Waals surface area contributed by atoms with Gasteiger partial charge in [0.25, 0.3) is 0 Å². The zero-order valence-corrected chi connectivity index (χ0v) is 19.2. The van der Waals surface area contributed by atoms with E-state index in [-0.39, 0.29) is 36.6 Å². The smallest absolute Gasteiger partial charge is 0.242 e. The van der Waals surface area contributed by atoms with Gasteiger partial charge in [0.1, 0.15) is 6.04 Å². The van der Waals surface area contributed by atoms with E-state index in [1.54, 1.807) is 0 Å². The van der Waals surface area contributed by atoms with Crippen molar-refractivity contribution >= 4 is 19.8 Å². The second kappa shape index (κ2) is 12.7. The predicted molar refractivity (Wildman–Crippen MR) is 115 cm³/mol. The van der Waals surface area contributed by atoms with E-state index < -0.39 is 37.8 Å². The maximum Gasteiger partial charge on any atom is 0.242 e. The van der Waals surface area contributed by atoms with Crippen molar-refractivity contribution < 1.29 is 24.2 Å². The van der Waals surface area contributed by atoms with Gasteiger partial charge >= 0.3 is 0 Å². The van der Waals surface area contributed by atoms with Gasteiger partial charge < -0.3 is 26.4 Å². The summed E-state index contributed by atoms with van der Waals surface area (Å²) in [5.41, 5.74) is 5.43. The fraction of sp³-hybridized carbons (Fsp3) is 0.900. The van der Waals surface area contributed by atoms with Crippen LogP contribution < -0.4 is 16.4 Å². The summed E-state index contributed by atoms with van der Waals surface area (Å²) in [7, 11) is -2.76. The molecule has 1 rings (SSSR count). The summed E-state index contributed by atoms with van der Waals surface area (Å²) >= 11 is 0. The monoisotopic (exact) mass is 433 g/mol. The van der Waals surface area contributed by atoms with Crippen LogP contribution >= 0.6 is 8.03 Å². The van der Waals surface area contributed by atoms with Crippen LogP contribution in [0.25, 0.3) is 0 Å². The number of amides is 2. The molecule has 2 unspecified atom stereocenters. The first-order valence-corrected chi connectivity index (χ1v) is 12.2. The Labute approximate surface area is 175 Å². The number of nitrogens with one attached hydrogen (secondary N) is 2. The van der Waals surface area contributed by atoms with Gasteiger partial charge in [0.05, 0.1) is 12.1 Å². The Bertz CT molecular complexity index is 552. The first kappa shape index (κ1) is 26.1. The first-order valence-electron chi connectivity index (χ1n) is 10.8. The topological polar surface area (TPSA) is 142 Å². The van der Waals surface area contributed by atoms with Gasteiger partial charge in [-0.2, -0.15) is 0 Å². The second-order valence-electron chi connectivity index (χ2n) is 8.98. The van der Waals surface area contributed by atoms with Gasteiger partial charge in [-0.3, -0.25) is 14.2 Å². The fourth-order valence-electron chi connectivity index (χ4n) is 3.82. The second-order valence-corrected chi connectivity index (χ2v) is 10.4. The van der Waals surface area contributed by atoms with Crippen molar-refractivity contribution in [1.29, 1.82) is 0 Å². The summed E-state index contributed by atoms with van der Waals surface area (Å²) in [6.45, 7) is 7.28. The molecule has 1 fully saturated rings. The molecule has 8 nitrogen and oxygen atoms in total. The summed E-state index contributed by atoms with van der Waals surface area (Å²) < 4.78 is 11.8. The van der Waals surface area contributed by atoms with Crippen molar-refractivity contribution in [1.82, 2.24) is 10.6 Å². The molecule has 0 aromatic rings. The Kier molecular flexibility index (Phi) is 11.4. The molecular formula is C20H40N3O5P. The maximum atomic E-state index is 12.6. The molecule has 2 amide bonds. The summed E-state index contributed by atoms with van der Waals surface area (Å²) in [5, 5.41) is 15.7. The van der Waals surface area contributed by atoms with Gasteiger partial charge in [-0.15, -0.1) is 0 Å². The van der Waals surface area contributed by atoms with Crippen LogP contribution in [0.2, 0.25) is 0 Å². The SMILES string of the molecule is CC(C)[C@H](N)C(=O)N[C@H](C(=O)NC[C@H](O)CC(C1CCCCC1)[PH](=O)O)C(C)C. The van der Waals surface area contributed by atoms with Crippen molar-refractivity contribution in [2.24, 2.45) is 23.5 Å². The lowest BCUT2D eigenvalue weighted by Crippen LogP contribution is -2.55. The Morgan fingerprint density at radius 3 is 2.14 bits per heavy atom. The van der Waals surface area contributed by atoms with Gasteiger partial charge in [0.15, 0.2) is 8.03 Å². The van der Waals surface area contributed by atoms with E-state index in [0.717, 1.165) is 32.1 Å². The minimum Gasteiger partial charge on any atom is -0.391 e. The highest BCUT2D eigenvalue weighted by atomic mass is 31.1. The third-order valence-electron chi connectivity index (χ3n) is 5.84. The number of carbonyl (C=O) groups is 2. The maximum absolute atomic E-state index is 12.6. The van der Waals surface area contributed by atoms with E-state index in [1.165, 1.54) is 0 Å². The highest BCUT2D eigenvalue weighted by molar-refractivity contribution is 7.38. The van der Waals surface area contributed by atoms with Crippen LogP contribution in [0.4, 0.5) is 0 Å². The van der Waals surface area contributed by atoms with Crippen LogP contribution in [0.3, 0.4) is 0 Å². The molecule has 1 saturated carbocycles. The van der Waals surface area contributed by atoms with Crippen LogP contribution in [-0.4, -0.2) is 52.2 Å². The van der Waals surface area contributed by atoms with Gasteiger partial charge in [-0.25, -0.2) is 0 Å². The first-order chi connectivity index (χ1) is 13.5. The van der Waals surface area contributed by atoms with Crippen molar-refractivity contribution in [3.05, 3.63) is 0 Å². The van der Waals surface area contributed by atoms with E-state index in [9.17, 15) is 24.2 Å². The lowest BCUT2D eigenvalue weighted by Gasteiger charge is -2.30. The molecule has 1 aliphatic rings. The molecule has 0 saturated heterocycles. The average molecular weight is 434 g/mol. The molecule has 1 aliphatic carbocycles. The van der Waals surface area contributed by atoms with Crippen LogP contribution in [0.15, 0.2) is 0 Å². The minimum atomic E-state index is -2.76. The standard InChI is InChI=1S/C20H40N3O5P/c1-12(2)17(21)19(25)23-18(13(3)4)20(26)22-11-15(24)10-16(29(27)28)14-8-6-5-7-9-14/h12-18,24,29H,5-11,21H2,1-4H3,(H,22,26)(H,23,25)(H,27,28)/t15-,16?,17+,18+/m1/s1. The van der Waals surface area contributed by atoms with E-state index in [1.807, 2.05) is 27.7 Å².